The van der Waals surface area contributed by atoms with E-state index in [1.165, 1.54) is 45.2 Å². The summed E-state index contributed by atoms with van der Waals surface area (Å²) in [5.41, 5.74) is 0. The van der Waals surface area contributed by atoms with Gasteiger partial charge in [0.15, 0.2) is 0 Å². The Morgan fingerprint density at radius 3 is 2.78 bits per heavy atom. The van der Waals surface area contributed by atoms with Gasteiger partial charge in [-0.25, -0.2) is 4.98 Å². The van der Waals surface area contributed by atoms with Gasteiger partial charge in [-0.3, -0.25) is 0 Å². The highest BCUT2D eigenvalue weighted by Gasteiger charge is 2.34. The molecule has 3 rings (SSSR count). The Labute approximate surface area is 109 Å². The van der Waals surface area contributed by atoms with Crippen LogP contribution in [-0.4, -0.2) is 40.0 Å². The van der Waals surface area contributed by atoms with Crippen LogP contribution in [0.4, 0.5) is 0 Å². The second-order valence-electron chi connectivity index (χ2n) is 5.78. The van der Waals surface area contributed by atoms with Gasteiger partial charge in [0.25, 0.3) is 0 Å². The highest BCUT2D eigenvalue weighted by atomic mass is 15.2. The molecule has 1 atom stereocenters. The molecule has 100 valence electrons. The topological polar surface area (TPSA) is 44.0 Å². The summed E-state index contributed by atoms with van der Waals surface area (Å²) in [5.74, 6) is 1.05. The van der Waals surface area contributed by atoms with Crippen molar-refractivity contribution in [2.45, 2.75) is 57.2 Å². The largest absolute Gasteiger partial charge is 0.347 e. The number of imidazole rings is 1. The van der Waals surface area contributed by atoms with Crippen LogP contribution < -0.4 is 5.32 Å². The van der Waals surface area contributed by atoms with Gasteiger partial charge in [-0.05, 0) is 45.7 Å². The molecule has 1 aliphatic carbocycles. The Bertz CT molecular complexity index is 350. The van der Waals surface area contributed by atoms with Crippen LogP contribution >= 0.6 is 0 Å². The van der Waals surface area contributed by atoms with E-state index in [-0.39, 0.29) is 0 Å². The first-order chi connectivity index (χ1) is 8.83. The lowest BCUT2D eigenvalue weighted by molar-refractivity contribution is 0.0745. The van der Waals surface area contributed by atoms with Gasteiger partial charge < -0.3 is 15.2 Å². The standard InChI is InChI=1S/C14H24N4/c1-11(14-15-5-6-16-14)17-12-9-13(10-12)18-7-3-2-4-8-18/h5-6,11-13,17H,2-4,7-10H2,1H3,(H,15,16). The van der Waals surface area contributed by atoms with Gasteiger partial charge in [0.05, 0.1) is 6.04 Å². The van der Waals surface area contributed by atoms with Gasteiger partial charge in [0.1, 0.15) is 5.82 Å². The molecule has 0 aromatic carbocycles. The number of piperidine rings is 1. The lowest BCUT2D eigenvalue weighted by atomic mass is 9.84. The van der Waals surface area contributed by atoms with Gasteiger partial charge in [0.2, 0.25) is 0 Å². The molecule has 2 heterocycles. The molecule has 1 saturated heterocycles. The molecule has 18 heavy (non-hydrogen) atoms. The number of nitrogens with zero attached hydrogens (tertiary/aromatic N) is 2. The predicted octanol–water partition coefficient (Wildman–Crippen LogP) is 2.08. The van der Waals surface area contributed by atoms with Crippen molar-refractivity contribution in [1.29, 1.82) is 0 Å². The summed E-state index contributed by atoms with van der Waals surface area (Å²) >= 11 is 0. The van der Waals surface area contributed by atoms with Crippen LogP contribution in [0.5, 0.6) is 0 Å². The lowest BCUT2D eigenvalue weighted by Crippen LogP contribution is -2.54. The fourth-order valence-electron chi connectivity index (χ4n) is 3.25. The predicted molar refractivity (Wildman–Crippen MR) is 72.4 cm³/mol. The quantitative estimate of drug-likeness (QED) is 0.857. The third-order valence-electron chi connectivity index (χ3n) is 4.44. The van der Waals surface area contributed by atoms with E-state index in [2.05, 4.69) is 27.1 Å². The van der Waals surface area contributed by atoms with Crippen molar-refractivity contribution < 1.29 is 0 Å². The summed E-state index contributed by atoms with van der Waals surface area (Å²) in [7, 11) is 0. The molecule has 1 unspecified atom stereocenters. The Morgan fingerprint density at radius 1 is 1.33 bits per heavy atom. The summed E-state index contributed by atoms with van der Waals surface area (Å²) in [4.78, 5) is 10.2. The fraction of sp³-hybridized carbons (Fsp3) is 0.786. The van der Waals surface area contributed by atoms with Crippen LogP contribution in [0.2, 0.25) is 0 Å². The van der Waals surface area contributed by atoms with Crippen molar-refractivity contribution in [3.8, 4) is 0 Å². The molecule has 1 saturated carbocycles. The summed E-state index contributed by atoms with van der Waals surface area (Å²) in [6.45, 7) is 4.84. The highest BCUT2D eigenvalue weighted by Crippen LogP contribution is 2.29. The van der Waals surface area contributed by atoms with Crippen molar-refractivity contribution in [3.05, 3.63) is 18.2 Å². The third-order valence-corrected chi connectivity index (χ3v) is 4.44. The monoisotopic (exact) mass is 248 g/mol. The minimum absolute atomic E-state index is 0.340. The maximum absolute atomic E-state index is 4.31. The maximum Gasteiger partial charge on any atom is 0.122 e. The SMILES string of the molecule is CC(NC1CC(N2CCCCC2)C1)c1ncc[nH]1. The van der Waals surface area contributed by atoms with Gasteiger partial charge in [0, 0.05) is 24.5 Å². The average molecular weight is 248 g/mol. The van der Waals surface area contributed by atoms with Crippen LogP contribution in [0.25, 0.3) is 0 Å². The molecular formula is C14H24N4. The molecule has 0 amide bonds. The zero-order valence-corrected chi connectivity index (χ0v) is 11.2. The number of nitrogens with one attached hydrogen (secondary N) is 2. The lowest BCUT2D eigenvalue weighted by Gasteiger charge is -2.45. The fourth-order valence-corrected chi connectivity index (χ4v) is 3.25. The Hall–Kier alpha value is -0.870. The van der Waals surface area contributed by atoms with Crippen molar-refractivity contribution in [1.82, 2.24) is 20.2 Å². The third kappa shape index (κ3) is 2.59. The zero-order chi connectivity index (χ0) is 12.4. The molecule has 0 spiro atoms. The molecule has 1 aromatic heterocycles. The van der Waals surface area contributed by atoms with Gasteiger partial charge >= 0.3 is 0 Å². The summed E-state index contributed by atoms with van der Waals surface area (Å²) in [6, 6.07) is 1.86. The molecule has 4 nitrogen and oxygen atoms in total. The minimum Gasteiger partial charge on any atom is -0.347 e. The van der Waals surface area contributed by atoms with Crippen molar-refractivity contribution in [2.24, 2.45) is 0 Å². The van der Waals surface area contributed by atoms with E-state index in [1.807, 2.05) is 12.4 Å². The first-order valence-electron chi connectivity index (χ1n) is 7.32. The average Bonchev–Trinajstić information content (AvgIpc) is 2.88. The van der Waals surface area contributed by atoms with E-state index in [0.717, 1.165) is 11.9 Å². The van der Waals surface area contributed by atoms with Crippen LogP contribution in [0.3, 0.4) is 0 Å². The molecule has 0 radical (unpaired) electrons. The minimum atomic E-state index is 0.340. The highest BCUT2D eigenvalue weighted by molar-refractivity contribution is 4.99. The molecule has 0 bridgehead atoms. The molecular weight excluding hydrogens is 224 g/mol. The number of likely N-dealkylation sites (tertiary alicyclic amines) is 1. The number of hydrogen-bond acceptors (Lipinski definition) is 3. The molecule has 4 heteroatoms. The van der Waals surface area contributed by atoms with E-state index in [0.29, 0.717) is 12.1 Å². The van der Waals surface area contributed by atoms with Crippen molar-refractivity contribution >= 4 is 0 Å². The van der Waals surface area contributed by atoms with Crippen molar-refractivity contribution in [3.63, 3.8) is 0 Å². The zero-order valence-electron chi connectivity index (χ0n) is 11.2. The second-order valence-corrected chi connectivity index (χ2v) is 5.78. The maximum atomic E-state index is 4.31. The van der Waals surface area contributed by atoms with Crippen LogP contribution in [0.15, 0.2) is 12.4 Å². The second kappa shape index (κ2) is 5.41. The summed E-state index contributed by atoms with van der Waals surface area (Å²) < 4.78 is 0. The van der Waals surface area contributed by atoms with E-state index in [9.17, 15) is 0 Å². The van der Waals surface area contributed by atoms with Gasteiger partial charge in [-0.15, -0.1) is 0 Å². The summed E-state index contributed by atoms with van der Waals surface area (Å²) in [5, 5.41) is 3.67. The number of rotatable bonds is 4. The van der Waals surface area contributed by atoms with Gasteiger partial charge in [-0.2, -0.15) is 0 Å². The molecule has 1 aliphatic heterocycles. The Kier molecular flexibility index (Phi) is 3.66. The first-order valence-corrected chi connectivity index (χ1v) is 7.32. The Morgan fingerprint density at radius 2 is 2.11 bits per heavy atom. The van der Waals surface area contributed by atoms with Gasteiger partial charge in [-0.1, -0.05) is 6.42 Å². The van der Waals surface area contributed by atoms with E-state index in [1.54, 1.807) is 0 Å². The molecule has 2 fully saturated rings. The Balaban J connectivity index is 1.42. The van der Waals surface area contributed by atoms with E-state index >= 15 is 0 Å². The molecule has 1 aromatic rings. The number of aromatic nitrogens is 2. The number of H-pyrrole nitrogens is 1. The number of hydrogen-bond donors (Lipinski definition) is 2. The summed E-state index contributed by atoms with van der Waals surface area (Å²) in [6.07, 6.45) is 10.6. The molecule has 2 aliphatic rings. The van der Waals surface area contributed by atoms with Crippen LogP contribution in [-0.2, 0) is 0 Å². The molecule has 2 N–H and O–H groups in total. The van der Waals surface area contributed by atoms with E-state index < -0.39 is 0 Å². The number of aromatic amines is 1. The van der Waals surface area contributed by atoms with Crippen molar-refractivity contribution in [2.75, 3.05) is 13.1 Å². The smallest absolute Gasteiger partial charge is 0.122 e. The first kappa shape index (κ1) is 12.2. The van der Waals surface area contributed by atoms with Crippen LogP contribution in [0.1, 0.15) is 50.9 Å². The van der Waals surface area contributed by atoms with E-state index in [4.69, 9.17) is 0 Å². The normalized spacial score (nSPS) is 30.9. The van der Waals surface area contributed by atoms with Crippen LogP contribution in [0, 0.1) is 0 Å².